The van der Waals surface area contributed by atoms with Gasteiger partial charge in [0.1, 0.15) is 5.69 Å². The van der Waals surface area contributed by atoms with Gasteiger partial charge in [0.25, 0.3) is 0 Å². The molecule has 1 aromatic carbocycles. The minimum atomic E-state index is 0.470. The van der Waals surface area contributed by atoms with Gasteiger partial charge in [-0.3, -0.25) is 3.97 Å². The number of nitrogens with zero attached hydrogens (tertiary/aromatic N) is 2. The third-order valence-corrected chi connectivity index (χ3v) is 5.18. The zero-order chi connectivity index (χ0) is 18.4. The molecule has 2 aromatic rings. The van der Waals surface area contributed by atoms with Crippen LogP contribution in [0.5, 0.6) is 0 Å². The molecule has 5 heteroatoms. The van der Waals surface area contributed by atoms with Gasteiger partial charge < -0.3 is 5.32 Å². The van der Waals surface area contributed by atoms with Gasteiger partial charge in [-0.25, -0.2) is 0 Å². The van der Waals surface area contributed by atoms with Crippen molar-refractivity contribution < 1.29 is 0 Å². The molecule has 134 valence electrons. The van der Waals surface area contributed by atoms with Crippen molar-refractivity contribution in [3.05, 3.63) is 76.2 Å². The van der Waals surface area contributed by atoms with E-state index in [1.807, 2.05) is 43.4 Å². The van der Waals surface area contributed by atoms with Gasteiger partial charge in [0, 0.05) is 28.6 Å². The highest BCUT2D eigenvalue weighted by Gasteiger charge is 2.15. The number of nitroso groups, excluding NO2 is 1. The first-order valence-electron chi connectivity index (χ1n) is 8.76. The second kappa shape index (κ2) is 8.83. The first-order valence-corrected chi connectivity index (χ1v) is 9.53. The summed E-state index contributed by atoms with van der Waals surface area (Å²) in [5.74, 6) is 0. The molecule has 1 aliphatic heterocycles. The average molecular weight is 366 g/mol. The predicted molar refractivity (Wildman–Crippen MR) is 114 cm³/mol. The van der Waals surface area contributed by atoms with Crippen LogP contribution >= 0.6 is 11.9 Å². The molecule has 0 radical (unpaired) electrons. The molecular weight excluding hydrogens is 342 g/mol. The highest BCUT2D eigenvalue weighted by molar-refractivity contribution is 8.01. The Labute approximate surface area is 158 Å². The third kappa shape index (κ3) is 4.23. The SMILES string of the molecule is C\C=C/C=C\C=C(/C)Sn1cc(C2=CCNCC2)c2cc(N=O)ccc21. The summed E-state index contributed by atoms with van der Waals surface area (Å²) in [6.45, 7) is 5.96. The van der Waals surface area contributed by atoms with Gasteiger partial charge in [-0.05, 0) is 67.7 Å². The van der Waals surface area contributed by atoms with E-state index < -0.39 is 0 Å². The molecule has 0 fully saturated rings. The molecule has 2 heterocycles. The Kier molecular flexibility index (Phi) is 6.26. The van der Waals surface area contributed by atoms with E-state index >= 15 is 0 Å². The van der Waals surface area contributed by atoms with Gasteiger partial charge >= 0.3 is 0 Å². The second-order valence-corrected chi connectivity index (χ2v) is 7.34. The van der Waals surface area contributed by atoms with Crippen molar-refractivity contribution in [3.63, 3.8) is 0 Å². The zero-order valence-electron chi connectivity index (χ0n) is 15.1. The van der Waals surface area contributed by atoms with Crippen LogP contribution < -0.4 is 5.32 Å². The summed E-state index contributed by atoms with van der Waals surface area (Å²) >= 11 is 1.68. The molecule has 1 aromatic heterocycles. The monoisotopic (exact) mass is 365 g/mol. The van der Waals surface area contributed by atoms with Crippen LogP contribution in [0, 0.1) is 4.91 Å². The Balaban J connectivity index is 2.00. The smallest absolute Gasteiger partial charge is 0.108 e. The van der Waals surface area contributed by atoms with Crippen LogP contribution in [0.25, 0.3) is 16.5 Å². The number of allylic oxidation sites excluding steroid dienone is 6. The molecule has 0 aliphatic carbocycles. The maximum absolute atomic E-state index is 11.0. The van der Waals surface area contributed by atoms with Crippen molar-refractivity contribution >= 4 is 34.1 Å². The zero-order valence-corrected chi connectivity index (χ0v) is 15.9. The lowest BCUT2D eigenvalue weighted by Gasteiger charge is -2.13. The van der Waals surface area contributed by atoms with E-state index in [0.29, 0.717) is 5.69 Å². The number of fused-ring (bicyclic) bond motifs is 1. The van der Waals surface area contributed by atoms with E-state index in [1.54, 1.807) is 18.0 Å². The van der Waals surface area contributed by atoms with E-state index in [4.69, 9.17) is 0 Å². The number of aromatic nitrogens is 1. The van der Waals surface area contributed by atoms with Gasteiger partial charge in [0.05, 0.1) is 5.52 Å². The van der Waals surface area contributed by atoms with E-state index in [1.165, 1.54) is 16.0 Å². The molecule has 1 aliphatic rings. The summed E-state index contributed by atoms with van der Waals surface area (Å²) in [7, 11) is 0. The normalized spacial score (nSPS) is 15.9. The molecule has 0 saturated heterocycles. The van der Waals surface area contributed by atoms with Crippen LogP contribution in [-0.2, 0) is 0 Å². The molecule has 3 rings (SSSR count). The predicted octanol–water partition coefficient (Wildman–Crippen LogP) is 5.95. The van der Waals surface area contributed by atoms with Gasteiger partial charge in [-0.2, -0.15) is 0 Å². The first-order chi connectivity index (χ1) is 12.7. The van der Waals surface area contributed by atoms with Crippen molar-refractivity contribution in [2.75, 3.05) is 13.1 Å². The Morgan fingerprint density at radius 2 is 2.19 bits per heavy atom. The van der Waals surface area contributed by atoms with Gasteiger partial charge in [-0.1, -0.05) is 36.5 Å². The summed E-state index contributed by atoms with van der Waals surface area (Å²) in [6.07, 6.45) is 15.6. The number of hydrogen-bond acceptors (Lipinski definition) is 4. The van der Waals surface area contributed by atoms with Gasteiger partial charge in [0.15, 0.2) is 0 Å². The number of hydrogen-bond donors (Lipinski definition) is 1. The van der Waals surface area contributed by atoms with Crippen molar-refractivity contribution in [2.45, 2.75) is 20.3 Å². The molecule has 0 saturated carbocycles. The highest BCUT2D eigenvalue weighted by atomic mass is 32.2. The quantitative estimate of drug-likeness (QED) is 0.508. The fourth-order valence-corrected chi connectivity index (χ4v) is 3.86. The number of benzene rings is 1. The minimum absolute atomic E-state index is 0.470. The minimum Gasteiger partial charge on any atom is -0.313 e. The maximum atomic E-state index is 11.0. The average Bonchev–Trinajstić information content (AvgIpc) is 3.03. The largest absolute Gasteiger partial charge is 0.313 e. The molecule has 0 spiro atoms. The molecule has 26 heavy (non-hydrogen) atoms. The van der Waals surface area contributed by atoms with E-state index in [-0.39, 0.29) is 0 Å². The molecule has 0 bridgehead atoms. The van der Waals surface area contributed by atoms with Crippen molar-refractivity contribution in [3.8, 4) is 0 Å². The Morgan fingerprint density at radius 1 is 1.31 bits per heavy atom. The maximum Gasteiger partial charge on any atom is 0.108 e. The summed E-state index contributed by atoms with van der Waals surface area (Å²) in [4.78, 5) is 12.2. The lowest BCUT2D eigenvalue weighted by molar-refractivity contribution is 0.739. The lowest BCUT2D eigenvalue weighted by Crippen LogP contribution is -2.19. The summed E-state index contributed by atoms with van der Waals surface area (Å²) in [5, 5.41) is 7.54. The lowest BCUT2D eigenvalue weighted by atomic mass is 9.99. The molecular formula is C21H23N3OS. The summed E-state index contributed by atoms with van der Waals surface area (Å²) in [5.41, 5.74) is 4.09. The molecule has 0 atom stereocenters. The molecule has 0 amide bonds. The van der Waals surface area contributed by atoms with Crippen LogP contribution in [0.2, 0.25) is 0 Å². The van der Waals surface area contributed by atoms with Gasteiger partial charge in [-0.15, -0.1) is 4.91 Å². The van der Waals surface area contributed by atoms with Gasteiger partial charge in [0.2, 0.25) is 0 Å². The van der Waals surface area contributed by atoms with Crippen molar-refractivity contribution in [1.82, 2.24) is 9.29 Å². The van der Waals surface area contributed by atoms with E-state index in [9.17, 15) is 4.91 Å². The fourth-order valence-electron chi connectivity index (χ4n) is 3.00. The molecule has 0 unspecified atom stereocenters. The highest BCUT2D eigenvalue weighted by Crippen LogP contribution is 2.35. The number of rotatable bonds is 6. The topological polar surface area (TPSA) is 46.4 Å². The van der Waals surface area contributed by atoms with Crippen LogP contribution in [0.1, 0.15) is 25.8 Å². The van der Waals surface area contributed by atoms with Crippen LogP contribution in [-0.4, -0.2) is 17.1 Å². The Morgan fingerprint density at radius 3 is 2.92 bits per heavy atom. The third-order valence-electron chi connectivity index (χ3n) is 4.26. The summed E-state index contributed by atoms with van der Waals surface area (Å²) < 4.78 is 2.18. The van der Waals surface area contributed by atoms with Crippen LogP contribution in [0.4, 0.5) is 5.69 Å². The van der Waals surface area contributed by atoms with E-state index in [0.717, 1.165) is 30.4 Å². The second-order valence-electron chi connectivity index (χ2n) is 6.12. The van der Waals surface area contributed by atoms with Crippen LogP contribution in [0.15, 0.2) is 70.9 Å². The van der Waals surface area contributed by atoms with Crippen molar-refractivity contribution in [1.29, 1.82) is 0 Å². The Bertz CT molecular complexity index is 919. The van der Waals surface area contributed by atoms with E-state index in [2.05, 4.69) is 39.7 Å². The standard InChI is InChI=1S/C21H23N3OS/c1-3-4-5-6-7-16(2)26-24-15-20(17-10-12-22-13-11-17)19-14-18(23-25)8-9-21(19)24/h3-10,14-15,22H,11-13H2,1-2H3/b4-3-,6-5-,16-7+. The molecule has 1 N–H and O–H groups in total. The summed E-state index contributed by atoms with van der Waals surface area (Å²) in [6, 6.07) is 5.65. The molecule has 4 nitrogen and oxygen atoms in total. The Hall–Kier alpha value is -2.37. The number of nitrogens with one attached hydrogen (secondary N) is 1. The van der Waals surface area contributed by atoms with Crippen LogP contribution in [0.3, 0.4) is 0 Å². The van der Waals surface area contributed by atoms with Crippen molar-refractivity contribution in [2.24, 2.45) is 5.18 Å². The first kappa shape index (κ1) is 18.4. The fraction of sp³-hybridized carbons (Fsp3) is 0.238.